The van der Waals surface area contributed by atoms with E-state index in [0.717, 1.165) is 11.5 Å². The van der Waals surface area contributed by atoms with Gasteiger partial charge in [-0.15, -0.1) is 0 Å². The molecule has 0 radical (unpaired) electrons. The molecule has 0 aliphatic heterocycles. The highest BCUT2D eigenvalue weighted by Crippen LogP contribution is 2.07. The first-order valence-electron chi connectivity index (χ1n) is 7.04. The standard InChI is InChI=1S/C16H22N4O/c1-16(2,3)18-11-14-17-9-10-20(14)12-15(21)19-13-7-5-4-6-8-13/h4-10,18H,11-12H2,1-3H3,(H,19,21). The molecule has 0 spiro atoms. The molecule has 1 amide bonds. The van der Waals surface area contributed by atoms with Crippen molar-refractivity contribution in [3.8, 4) is 0 Å². The van der Waals surface area contributed by atoms with Crippen LogP contribution in [0.3, 0.4) is 0 Å². The maximum Gasteiger partial charge on any atom is 0.244 e. The maximum absolute atomic E-state index is 12.1. The third-order valence-corrected chi connectivity index (χ3v) is 2.95. The molecule has 0 aliphatic rings. The Morgan fingerprint density at radius 3 is 2.62 bits per heavy atom. The van der Waals surface area contributed by atoms with Crippen molar-refractivity contribution in [2.45, 2.75) is 39.4 Å². The van der Waals surface area contributed by atoms with Crippen molar-refractivity contribution in [2.24, 2.45) is 0 Å². The number of hydrogen-bond acceptors (Lipinski definition) is 3. The monoisotopic (exact) mass is 286 g/mol. The first-order chi connectivity index (χ1) is 9.94. The quantitative estimate of drug-likeness (QED) is 0.887. The number of anilines is 1. The lowest BCUT2D eigenvalue weighted by molar-refractivity contribution is -0.116. The second kappa shape index (κ2) is 6.54. The molecule has 0 saturated carbocycles. The minimum atomic E-state index is -0.0591. The summed E-state index contributed by atoms with van der Waals surface area (Å²) in [4.78, 5) is 16.4. The van der Waals surface area contributed by atoms with Gasteiger partial charge < -0.3 is 15.2 Å². The smallest absolute Gasteiger partial charge is 0.244 e. The molecule has 1 aromatic carbocycles. The molecule has 5 heteroatoms. The molecule has 2 N–H and O–H groups in total. The van der Waals surface area contributed by atoms with Gasteiger partial charge in [0.15, 0.2) is 0 Å². The van der Waals surface area contributed by atoms with E-state index in [2.05, 4.69) is 36.4 Å². The van der Waals surface area contributed by atoms with Crippen molar-refractivity contribution in [1.29, 1.82) is 0 Å². The highest BCUT2D eigenvalue weighted by Gasteiger charge is 2.12. The van der Waals surface area contributed by atoms with Crippen LogP contribution in [0.1, 0.15) is 26.6 Å². The van der Waals surface area contributed by atoms with E-state index in [0.29, 0.717) is 6.54 Å². The van der Waals surface area contributed by atoms with Crippen LogP contribution in [0.5, 0.6) is 0 Å². The molecule has 2 aromatic rings. The second-order valence-electron chi connectivity index (χ2n) is 5.99. The normalized spacial score (nSPS) is 11.4. The average molecular weight is 286 g/mol. The summed E-state index contributed by atoms with van der Waals surface area (Å²) in [5, 5.41) is 6.24. The van der Waals surface area contributed by atoms with E-state index < -0.39 is 0 Å². The highest BCUT2D eigenvalue weighted by molar-refractivity contribution is 5.90. The molecule has 2 rings (SSSR count). The van der Waals surface area contributed by atoms with Gasteiger partial charge in [-0.3, -0.25) is 4.79 Å². The Morgan fingerprint density at radius 1 is 1.24 bits per heavy atom. The van der Waals surface area contributed by atoms with E-state index in [1.54, 1.807) is 6.20 Å². The number of hydrogen-bond donors (Lipinski definition) is 2. The Kier molecular flexibility index (Phi) is 4.75. The fourth-order valence-corrected chi connectivity index (χ4v) is 1.87. The van der Waals surface area contributed by atoms with Gasteiger partial charge in [0.1, 0.15) is 12.4 Å². The number of carbonyl (C=O) groups excluding carboxylic acids is 1. The second-order valence-corrected chi connectivity index (χ2v) is 5.99. The highest BCUT2D eigenvalue weighted by atomic mass is 16.1. The van der Waals surface area contributed by atoms with Gasteiger partial charge >= 0.3 is 0 Å². The van der Waals surface area contributed by atoms with Crippen LogP contribution in [0.25, 0.3) is 0 Å². The maximum atomic E-state index is 12.1. The molecule has 0 bridgehead atoms. The molecule has 5 nitrogen and oxygen atoms in total. The molecular weight excluding hydrogens is 264 g/mol. The van der Waals surface area contributed by atoms with Gasteiger partial charge in [0.05, 0.1) is 6.54 Å². The number of nitrogens with zero attached hydrogens (tertiary/aromatic N) is 2. The molecule has 1 aromatic heterocycles. The Morgan fingerprint density at radius 2 is 1.95 bits per heavy atom. The van der Waals surface area contributed by atoms with E-state index in [4.69, 9.17) is 0 Å². The van der Waals surface area contributed by atoms with E-state index in [1.165, 1.54) is 0 Å². The van der Waals surface area contributed by atoms with E-state index in [-0.39, 0.29) is 18.0 Å². The lowest BCUT2D eigenvalue weighted by atomic mass is 10.1. The molecule has 112 valence electrons. The summed E-state index contributed by atoms with van der Waals surface area (Å²) >= 11 is 0. The van der Waals surface area contributed by atoms with Crippen LogP contribution in [0.15, 0.2) is 42.7 Å². The number of rotatable bonds is 5. The lowest BCUT2D eigenvalue weighted by Crippen LogP contribution is -2.36. The molecule has 0 unspecified atom stereocenters. The first-order valence-corrected chi connectivity index (χ1v) is 7.04. The van der Waals surface area contributed by atoms with Gasteiger partial charge in [0.2, 0.25) is 5.91 Å². The Balaban J connectivity index is 1.94. The van der Waals surface area contributed by atoms with Gasteiger partial charge in [0.25, 0.3) is 0 Å². The summed E-state index contributed by atoms with van der Waals surface area (Å²) in [6.07, 6.45) is 3.54. The topological polar surface area (TPSA) is 59.0 Å². The fraction of sp³-hybridized carbons (Fsp3) is 0.375. The molecule has 0 atom stereocenters. The molecule has 1 heterocycles. The number of benzene rings is 1. The third-order valence-electron chi connectivity index (χ3n) is 2.95. The van der Waals surface area contributed by atoms with Crippen LogP contribution in [-0.4, -0.2) is 21.0 Å². The third kappa shape index (κ3) is 5.04. The minimum Gasteiger partial charge on any atom is -0.325 e. The molecule has 0 saturated heterocycles. The van der Waals surface area contributed by atoms with Crippen molar-refractivity contribution in [1.82, 2.24) is 14.9 Å². The molecule has 0 aliphatic carbocycles. The van der Waals surface area contributed by atoms with Gasteiger partial charge in [-0.2, -0.15) is 0 Å². The zero-order valence-electron chi connectivity index (χ0n) is 12.8. The number of nitrogens with one attached hydrogen (secondary N) is 2. The van der Waals surface area contributed by atoms with Crippen LogP contribution in [0, 0.1) is 0 Å². The summed E-state index contributed by atoms with van der Waals surface area (Å²) in [5.74, 6) is 0.796. The van der Waals surface area contributed by atoms with Gasteiger partial charge in [0, 0.05) is 23.6 Å². The van der Waals surface area contributed by atoms with Gasteiger partial charge in [-0.1, -0.05) is 18.2 Å². The zero-order chi connectivity index (χ0) is 15.3. The number of imidazole rings is 1. The molecule has 21 heavy (non-hydrogen) atoms. The predicted octanol–water partition coefficient (Wildman–Crippen LogP) is 2.41. The first kappa shape index (κ1) is 15.3. The van der Waals surface area contributed by atoms with E-state index in [9.17, 15) is 4.79 Å². The fourth-order valence-electron chi connectivity index (χ4n) is 1.87. The Bertz CT molecular complexity index is 584. The summed E-state index contributed by atoms with van der Waals surface area (Å²) in [6.45, 7) is 7.19. The van der Waals surface area contributed by atoms with Crippen LogP contribution in [0.4, 0.5) is 5.69 Å². The van der Waals surface area contributed by atoms with Crippen molar-refractivity contribution in [3.05, 3.63) is 48.5 Å². The van der Waals surface area contributed by atoms with Gasteiger partial charge in [-0.05, 0) is 32.9 Å². The molecule has 0 fully saturated rings. The average Bonchev–Trinajstić information content (AvgIpc) is 2.84. The Labute approximate surface area is 125 Å². The van der Waals surface area contributed by atoms with Gasteiger partial charge in [-0.25, -0.2) is 4.98 Å². The van der Waals surface area contributed by atoms with Crippen LogP contribution in [0.2, 0.25) is 0 Å². The van der Waals surface area contributed by atoms with E-state index in [1.807, 2.05) is 41.1 Å². The van der Waals surface area contributed by atoms with Crippen LogP contribution < -0.4 is 10.6 Å². The minimum absolute atomic E-state index is 0.0169. The zero-order valence-corrected chi connectivity index (χ0v) is 12.8. The molecular formula is C16H22N4O. The van der Waals surface area contributed by atoms with Crippen molar-refractivity contribution in [2.75, 3.05) is 5.32 Å². The number of aromatic nitrogens is 2. The van der Waals surface area contributed by atoms with E-state index >= 15 is 0 Å². The SMILES string of the molecule is CC(C)(C)NCc1nccn1CC(=O)Nc1ccccc1. The predicted molar refractivity (Wildman–Crippen MR) is 83.9 cm³/mol. The Hall–Kier alpha value is -2.14. The van der Waals surface area contributed by atoms with Crippen LogP contribution >= 0.6 is 0 Å². The van der Waals surface area contributed by atoms with Crippen molar-refractivity contribution >= 4 is 11.6 Å². The summed E-state index contributed by atoms with van der Waals surface area (Å²) in [5.41, 5.74) is 0.820. The number of para-hydroxylation sites is 1. The van der Waals surface area contributed by atoms with Crippen LogP contribution in [-0.2, 0) is 17.9 Å². The number of amides is 1. The summed E-state index contributed by atoms with van der Waals surface area (Å²) in [6, 6.07) is 9.45. The largest absolute Gasteiger partial charge is 0.325 e. The number of carbonyl (C=O) groups is 1. The summed E-state index contributed by atoms with van der Waals surface area (Å²) < 4.78 is 1.86. The van der Waals surface area contributed by atoms with Crippen molar-refractivity contribution < 1.29 is 4.79 Å². The van der Waals surface area contributed by atoms with Crippen molar-refractivity contribution in [3.63, 3.8) is 0 Å². The summed E-state index contributed by atoms with van der Waals surface area (Å²) in [7, 11) is 0. The lowest BCUT2D eigenvalue weighted by Gasteiger charge is -2.20.